The number of guanidine groups is 1. The molecule has 6 nitrogen and oxygen atoms in total. The zero-order chi connectivity index (χ0) is 14.4. The normalized spacial score (nSPS) is 18.0. The van der Waals surface area contributed by atoms with Crippen molar-refractivity contribution in [1.29, 1.82) is 0 Å². The van der Waals surface area contributed by atoms with Crippen molar-refractivity contribution in [2.45, 2.75) is 18.9 Å². The van der Waals surface area contributed by atoms with Crippen LogP contribution in [0.4, 0.5) is 5.69 Å². The Hall–Kier alpha value is -1.22. The molecule has 1 saturated heterocycles. The van der Waals surface area contributed by atoms with Gasteiger partial charge in [-0.15, -0.1) is 24.0 Å². The minimum atomic E-state index is 0. The van der Waals surface area contributed by atoms with Crippen LogP contribution in [-0.2, 0) is 4.74 Å². The van der Waals surface area contributed by atoms with Gasteiger partial charge in [-0.3, -0.25) is 4.99 Å². The average molecular weight is 407 g/mol. The molecular weight excluding hydrogens is 385 g/mol. The van der Waals surface area contributed by atoms with Crippen LogP contribution in [-0.4, -0.2) is 39.4 Å². The van der Waals surface area contributed by atoms with E-state index in [9.17, 15) is 0 Å². The number of nitrogens with zero attached hydrogens (tertiary/aromatic N) is 1. The van der Waals surface area contributed by atoms with Crippen molar-refractivity contribution in [2.75, 3.05) is 32.7 Å². The van der Waals surface area contributed by atoms with E-state index in [1.54, 1.807) is 14.2 Å². The van der Waals surface area contributed by atoms with E-state index in [1.807, 2.05) is 18.2 Å². The molecule has 1 atom stereocenters. The topological polar surface area (TPSA) is 78.1 Å². The van der Waals surface area contributed by atoms with Crippen molar-refractivity contribution in [3.8, 4) is 11.5 Å². The quantitative estimate of drug-likeness (QED) is 0.445. The van der Waals surface area contributed by atoms with Gasteiger partial charge in [-0.25, -0.2) is 0 Å². The van der Waals surface area contributed by atoms with Crippen LogP contribution in [0.2, 0.25) is 0 Å². The summed E-state index contributed by atoms with van der Waals surface area (Å²) in [5.74, 6) is 1.74. The molecule has 0 radical (unpaired) electrons. The fraction of sp³-hybridized carbons (Fsp3) is 0.500. The van der Waals surface area contributed by atoms with Crippen LogP contribution in [0.15, 0.2) is 23.2 Å². The Morgan fingerprint density at radius 3 is 2.86 bits per heavy atom. The van der Waals surface area contributed by atoms with Gasteiger partial charge in [0.1, 0.15) is 11.5 Å². The Morgan fingerprint density at radius 1 is 1.43 bits per heavy atom. The van der Waals surface area contributed by atoms with Crippen LogP contribution in [0.1, 0.15) is 12.8 Å². The number of methoxy groups -OCH3 is 2. The molecule has 0 aliphatic carbocycles. The Balaban J connectivity index is 0.00000220. The summed E-state index contributed by atoms with van der Waals surface area (Å²) in [5.41, 5.74) is 6.61. The maximum atomic E-state index is 5.89. The lowest BCUT2D eigenvalue weighted by Gasteiger charge is -2.12. The van der Waals surface area contributed by atoms with Gasteiger partial charge in [0, 0.05) is 12.7 Å². The zero-order valence-corrected chi connectivity index (χ0v) is 14.6. The van der Waals surface area contributed by atoms with E-state index in [4.69, 9.17) is 19.9 Å². The first kappa shape index (κ1) is 17.8. The first-order chi connectivity index (χ1) is 9.72. The lowest BCUT2D eigenvalue weighted by atomic mass is 10.2. The number of anilines is 1. The fourth-order valence-corrected chi connectivity index (χ4v) is 2.08. The molecule has 1 aromatic rings. The predicted octanol–water partition coefficient (Wildman–Crippen LogP) is 2.23. The number of hydrogen-bond donors (Lipinski definition) is 2. The first-order valence-electron chi connectivity index (χ1n) is 6.63. The molecular formula is C14H22IN3O3. The van der Waals surface area contributed by atoms with Crippen LogP contribution in [0.25, 0.3) is 0 Å². The highest BCUT2D eigenvalue weighted by Gasteiger charge is 2.14. The van der Waals surface area contributed by atoms with Gasteiger partial charge < -0.3 is 25.3 Å². The first-order valence-corrected chi connectivity index (χ1v) is 6.63. The number of nitrogens with two attached hydrogens (primary N) is 1. The molecule has 0 amide bonds. The number of halogens is 1. The molecule has 0 bridgehead atoms. The van der Waals surface area contributed by atoms with E-state index >= 15 is 0 Å². The molecule has 0 spiro atoms. The van der Waals surface area contributed by atoms with Crippen LogP contribution >= 0.6 is 24.0 Å². The molecule has 1 heterocycles. The molecule has 0 saturated carbocycles. The summed E-state index contributed by atoms with van der Waals surface area (Å²) in [4.78, 5) is 4.29. The second kappa shape index (κ2) is 8.93. The van der Waals surface area contributed by atoms with E-state index in [1.165, 1.54) is 0 Å². The largest absolute Gasteiger partial charge is 0.497 e. The summed E-state index contributed by atoms with van der Waals surface area (Å²) in [6.07, 6.45) is 2.32. The number of ether oxygens (including phenoxy) is 3. The van der Waals surface area contributed by atoms with Crippen molar-refractivity contribution >= 4 is 35.6 Å². The molecule has 1 aliphatic rings. The molecule has 21 heavy (non-hydrogen) atoms. The highest BCUT2D eigenvalue weighted by molar-refractivity contribution is 14.0. The summed E-state index contributed by atoms with van der Waals surface area (Å²) in [5, 5.41) is 3.03. The highest BCUT2D eigenvalue weighted by Crippen LogP contribution is 2.28. The van der Waals surface area contributed by atoms with Crippen LogP contribution < -0.4 is 20.5 Å². The summed E-state index contributed by atoms with van der Waals surface area (Å²) >= 11 is 0. The maximum Gasteiger partial charge on any atom is 0.193 e. The smallest absolute Gasteiger partial charge is 0.193 e. The third-order valence-electron chi connectivity index (χ3n) is 3.16. The highest BCUT2D eigenvalue weighted by atomic mass is 127. The zero-order valence-electron chi connectivity index (χ0n) is 12.3. The van der Waals surface area contributed by atoms with Crippen LogP contribution in [0.5, 0.6) is 11.5 Å². The molecule has 1 fully saturated rings. The Bertz CT molecular complexity index is 477. The number of rotatable bonds is 5. The van der Waals surface area contributed by atoms with Crippen LogP contribution in [0, 0.1) is 0 Å². The van der Waals surface area contributed by atoms with Crippen molar-refractivity contribution in [3.63, 3.8) is 0 Å². The third-order valence-corrected chi connectivity index (χ3v) is 3.16. The second-order valence-electron chi connectivity index (χ2n) is 4.55. The van der Waals surface area contributed by atoms with Crippen LogP contribution in [0.3, 0.4) is 0 Å². The third kappa shape index (κ3) is 5.24. The average Bonchev–Trinajstić information content (AvgIpc) is 2.98. The molecule has 2 rings (SSSR count). The molecule has 1 unspecified atom stereocenters. The summed E-state index contributed by atoms with van der Waals surface area (Å²) < 4.78 is 16.0. The minimum Gasteiger partial charge on any atom is -0.497 e. The van der Waals surface area contributed by atoms with Gasteiger partial charge in [0.2, 0.25) is 0 Å². The van der Waals surface area contributed by atoms with E-state index in [0.717, 1.165) is 30.9 Å². The lowest BCUT2D eigenvalue weighted by Crippen LogP contribution is -2.25. The van der Waals surface area contributed by atoms with Gasteiger partial charge in [-0.2, -0.15) is 0 Å². The molecule has 118 valence electrons. The SMILES string of the molecule is COc1ccc(OC)c(NC(N)=NCC2CCCO2)c1.I. The van der Waals surface area contributed by atoms with Crippen molar-refractivity contribution in [3.05, 3.63) is 18.2 Å². The standard InChI is InChI=1S/C14H21N3O3.HI/c1-18-10-5-6-13(19-2)12(8-10)17-14(15)16-9-11-4-3-7-20-11;/h5-6,8,11H,3-4,7,9H2,1-2H3,(H3,15,16,17);1H. The van der Waals surface area contributed by atoms with E-state index in [2.05, 4.69) is 10.3 Å². The Kier molecular flexibility index (Phi) is 7.58. The van der Waals surface area contributed by atoms with E-state index < -0.39 is 0 Å². The van der Waals surface area contributed by atoms with Crippen molar-refractivity contribution in [2.24, 2.45) is 10.7 Å². The van der Waals surface area contributed by atoms with Crippen molar-refractivity contribution < 1.29 is 14.2 Å². The number of nitrogens with one attached hydrogen (secondary N) is 1. The van der Waals surface area contributed by atoms with Gasteiger partial charge in [-0.1, -0.05) is 0 Å². The number of hydrogen-bond acceptors (Lipinski definition) is 4. The van der Waals surface area contributed by atoms with Crippen molar-refractivity contribution in [1.82, 2.24) is 0 Å². The summed E-state index contributed by atoms with van der Waals surface area (Å²) in [7, 11) is 3.22. The predicted molar refractivity (Wildman–Crippen MR) is 94.0 cm³/mol. The van der Waals surface area contributed by atoms with E-state index in [-0.39, 0.29) is 30.1 Å². The maximum absolute atomic E-state index is 5.89. The molecule has 1 aromatic carbocycles. The summed E-state index contributed by atoms with van der Waals surface area (Å²) in [6, 6.07) is 5.45. The van der Waals surface area contributed by atoms with Gasteiger partial charge in [-0.05, 0) is 25.0 Å². The molecule has 3 N–H and O–H groups in total. The number of benzene rings is 1. The monoisotopic (exact) mass is 407 g/mol. The minimum absolute atomic E-state index is 0. The molecule has 0 aromatic heterocycles. The Labute approximate surface area is 142 Å². The van der Waals surface area contributed by atoms with Gasteiger partial charge >= 0.3 is 0 Å². The molecule has 1 aliphatic heterocycles. The van der Waals surface area contributed by atoms with Gasteiger partial charge in [0.15, 0.2) is 5.96 Å². The number of aliphatic imine (C=N–C) groups is 1. The van der Waals surface area contributed by atoms with E-state index in [0.29, 0.717) is 18.3 Å². The lowest BCUT2D eigenvalue weighted by molar-refractivity contribution is 0.118. The van der Waals surface area contributed by atoms with Gasteiger partial charge in [0.05, 0.1) is 32.6 Å². The fourth-order valence-electron chi connectivity index (χ4n) is 2.08. The molecule has 7 heteroatoms. The Morgan fingerprint density at radius 2 is 2.24 bits per heavy atom. The second-order valence-corrected chi connectivity index (χ2v) is 4.55. The summed E-state index contributed by atoms with van der Waals surface area (Å²) in [6.45, 7) is 1.39. The van der Waals surface area contributed by atoms with Gasteiger partial charge in [0.25, 0.3) is 0 Å².